The molecule has 3 heterocycles. The molecule has 0 spiro atoms. The van der Waals surface area contributed by atoms with Crippen LogP contribution in [0.2, 0.25) is 5.02 Å². The van der Waals surface area contributed by atoms with E-state index in [0.717, 1.165) is 4.90 Å². The van der Waals surface area contributed by atoms with Crippen molar-refractivity contribution in [2.24, 2.45) is 0 Å². The highest BCUT2D eigenvalue weighted by Gasteiger charge is 2.37. The van der Waals surface area contributed by atoms with E-state index in [1.807, 2.05) is 0 Å². The molecular formula is C21H16ClN2O7S-. The van der Waals surface area contributed by atoms with E-state index in [0.29, 0.717) is 43.6 Å². The first-order valence-electron chi connectivity index (χ1n) is 9.55. The van der Waals surface area contributed by atoms with Crippen molar-refractivity contribution in [3.05, 3.63) is 51.6 Å². The summed E-state index contributed by atoms with van der Waals surface area (Å²) in [6, 6.07) is 7.19. The number of amides is 3. The molecule has 3 amide bonds. The molecular weight excluding hydrogens is 460 g/mol. The number of carboxylic acid groups (broad SMARTS) is 1. The average molecular weight is 476 g/mol. The summed E-state index contributed by atoms with van der Waals surface area (Å²) in [7, 11) is 0. The molecule has 1 aromatic carbocycles. The number of carboxylic acids is 1. The lowest BCUT2D eigenvalue weighted by Gasteiger charge is -2.27. The molecule has 0 radical (unpaired) electrons. The Bertz CT molecular complexity index is 1140. The third-order valence-corrected chi connectivity index (χ3v) is 6.14. The Kier molecular flexibility index (Phi) is 6.35. The van der Waals surface area contributed by atoms with Crippen molar-refractivity contribution in [3.8, 4) is 11.3 Å². The lowest BCUT2D eigenvalue weighted by molar-refractivity contribution is -0.255. The summed E-state index contributed by atoms with van der Waals surface area (Å²) in [4.78, 5) is 51.0. The van der Waals surface area contributed by atoms with Gasteiger partial charge in [0.1, 0.15) is 18.1 Å². The van der Waals surface area contributed by atoms with Gasteiger partial charge in [-0.05, 0) is 41.6 Å². The zero-order valence-corrected chi connectivity index (χ0v) is 18.1. The third-order valence-electron chi connectivity index (χ3n) is 4.90. The maximum absolute atomic E-state index is 12.7. The van der Waals surface area contributed by atoms with Crippen molar-refractivity contribution in [2.45, 2.75) is 0 Å². The van der Waals surface area contributed by atoms with Crippen LogP contribution in [0.3, 0.4) is 0 Å². The topological polar surface area (TPSA) is 120 Å². The van der Waals surface area contributed by atoms with Crippen molar-refractivity contribution in [1.82, 2.24) is 9.80 Å². The number of morpholine rings is 1. The number of halogens is 1. The minimum atomic E-state index is -1.35. The Morgan fingerprint density at radius 3 is 2.62 bits per heavy atom. The van der Waals surface area contributed by atoms with Crippen LogP contribution in [0.5, 0.6) is 0 Å². The van der Waals surface area contributed by atoms with Crippen LogP contribution in [0.15, 0.2) is 39.7 Å². The SMILES string of the molecule is O=C([O-])c1ccc(Cl)c(-c2ccc(/C=C3/SC(=O)N(CC(=O)N4CCOCC4)C3=O)o2)c1. The maximum atomic E-state index is 12.7. The van der Waals surface area contributed by atoms with Crippen LogP contribution in [-0.4, -0.2) is 65.7 Å². The normalized spacial score (nSPS) is 18.0. The first kappa shape index (κ1) is 22.1. The Morgan fingerprint density at radius 2 is 1.91 bits per heavy atom. The Morgan fingerprint density at radius 1 is 1.16 bits per heavy atom. The predicted octanol–water partition coefficient (Wildman–Crippen LogP) is 1.86. The van der Waals surface area contributed by atoms with E-state index < -0.39 is 17.1 Å². The molecule has 0 saturated carbocycles. The molecule has 1 aromatic heterocycles. The number of hydrogen-bond donors (Lipinski definition) is 0. The number of imide groups is 1. The quantitative estimate of drug-likeness (QED) is 0.601. The van der Waals surface area contributed by atoms with Gasteiger partial charge in [0.2, 0.25) is 5.91 Å². The number of carbonyl (C=O) groups excluding carboxylic acids is 4. The van der Waals surface area contributed by atoms with Gasteiger partial charge in [-0.15, -0.1) is 0 Å². The lowest BCUT2D eigenvalue weighted by Crippen LogP contribution is -2.46. The molecule has 2 aliphatic rings. The summed E-state index contributed by atoms with van der Waals surface area (Å²) in [5.74, 6) is -1.71. The summed E-state index contributed by atoms with van der Waals surface area (Å²) in [6.45, 7) is 1.34. The van der Waals surface area contributed by atoms with E-state index in [-0.39, 0.29) is 39.5 Å². The van der Waals surface area contributed by atoms with Gasteiger partial charge < -0.3 is 24.0 Å². The minimum Gasteiger partial charge on any atom is -0.545 e. The van der Waals surface area contributed by atoms with Crippen LogP contribution in [0.1, 0.15) is 16.1 Å². The van der Waals surface area contributed by atoms with Gasteiger partial charge in [-0.25, -0.2) is 0 Å². The van der Waals surface area contributed by atoms with Gasteiger partial charge in [0, 0.05) is 24.7 Å². The Hall–Kier alpha value is -3.08. The van der Waals surface area contributed by atoms with Crippen LogP contribution < -0.4 is 5.11 Å². The molecule has 0 aliphatic carbocycles. The number of hydrogen-bond acceptors (Lipinski definition) is 8. The maximum Gasteiger partial charge on any atom is 0.294 e. The zero-order valence-electron chi connectivity index (χ0n) is 16.5. The van der Waals surface area contributed by atoms with E-state index in [9.17, 15) is 24.3 Å². The Labute approximate surface area is 191 Å². The van der Waals surface area contributed by atoms with Gasteiger partial charge in [-0.1, -0.05) is 17.7 Å². The van der Waals surface area contributed by atoms with Crippen molar-refractivity contribution in [3.63, 3.8) is 0 Å². The van der Waals surface area contributed by atoms with Crippen LogP contribution >= 0.6 is 23.4 Å². The monoisotopic (exact) mass is 475 g/mol. The molecule has 9 nitrogen and oxygen atoms in total. The number of rotatable bonds is 5. The molecule has 0 bridgehead atoms. The summed E-state index contributed by atoms with van der Waals surface area (Å²) in [6.07, 6.45) is 1.39. The molecule has 11 heteroatoms. The van der Waals surface area contributed by atoms with Crippen LogP contribution in [0, 0.1) is 0 Å². The van der Waals surface area contributed by atoms with Gasteiger partial charge >= 0.3 is 0 Å². The second kappa shape index (κ2) is 9.19. The van der Waals surface area contributed by atoms with Gasteiger partial charge in [0.15, 0.2) is 0 Å². The van der Waals surface area contributed by atoms with Gasteiger partial charge in [0.05, 0.1) is 29.1 Å². The first-order valence-corrected chi connectivity index (χ1v) is 10.7. The highest BCUT2D eigenvalue weighted by Crippen LogP contribution is 2.35. The number of aromatic carboxylic acids is 1. The molecule has 2 aromatic rings. The van der Waals surface area contributed by atoms with Crippen LogP contribution in [0.25, 0.3) is 17.4 Å². The van der Waals surface area contributed by atoms with Crippen molar-refractivity contribution < 1.29 is 33.4 Å². The number of carbonyl (C=O) groups is 4. The summed E-state index contributed by atoms with van der Waals surface area (Å²) in [5, 5.41) is 10.8. The van der Waals surface area contributed by atoms with E-state index >= 15 is 0 Å². The average Bonchev–Trinajstić information content (AvgIpc) is 3.34. The third kappa shape index (κ3) is 4.57. The fourth-order valence-electron chi connectivity index (χ4n) is 3.23. The molecule has 4 rings (SSSR count). The number of furan rings is 1. The summed E-state index contributed by atoms with van der Waals surface area (Å²) < 4.78 is 10.9. The fourth-order valence-corrected chi connectivity index (χ4v) is 4.26. The van der Waals surface area contributed by atoms with Crippen molar-refractivity contribution in [1.29, 1.82) is 0 Å². The number of benzene rings is 1. The van der Waals surface area contributed by atoms with Crippen molar-refractivity contribution in [2.75, 3.05) is 32.8 Å². The number of thioether (sulfide) groups is 1. The second-order valence-electron chi connectivity index (χ2n) is 6.95. The van der Waals surface area contributed by atoms with Crippen LogP contribution in [0.4, 0.5) is 4.79 Å². The first-order chi connectivity index (χ1) is 15.3. The van der Waals surface area contributed by atoms with E-state index in [1.165, 1.54) is 24.3 Å². The fraction of sp³-hybridized carbons (Fsp3) is 0.238. The second-order valence-corrected chi connectivity index (χ2v) is 8.35. The minimum absolute atomic E-state index is 0.0617. The molecule has 0 atom stereocenters. The van der Waals surface area contributed by atoms with E-state index in [2.05, 4.69) is 0 Å². The molecule has 2 aliphatic heterocycles. The van der Waals surface area contributed by atoms with Gasteiger partial charge in [0.25, 0.3) is 11.1 Å². The molecule has 2 fully saturated rings. The lowest BCUT2D eigenvalue weighted by atomic mass is 10.1. The highest BCUT2D eigenvalue weighted by molar-refractivity contribution is 8.18. The molecule has 166 valence electrons. The summed E-state index contributed by atoms with van der Waals surface area (Å²) in [5.41, 5.74) is 0.283. The zero-order chi connectivity index (χ0) is 22.8. The molecule has 0 unspecified atom stereocenters. The smallest absolute Gasteiger partial charge is 0.294 e. The molecule has 0 N–H and O–H groups in total. The largest absolute Gasteiger partial charge is 0.545 e. The highest BCUT2D eigenvalue weighted by atomic mass is 35.5. The molecule has 2 saturated heterocycles. The van der Waals surface area contributed by atoms with E-state index in [1.54, 1.807) is 17.0 Å². The Balaban J connectivity index is 1.50. The number of ether oxygens (including phenoxy) is 1. The number of nitrogens with zero attached hydrogens (tertiary/aromatic N) is 2. The molecule has 32 heavy (non-hydrogen) atoms. The van der Waals surface area contributed by atoms with Crippen molar-refractivity contribution >= 4 is 52.5 Å². The standard InChI is InChI=1S/C21H17ClN2O7S/c22-15-3-1-12(20(27)28)9-14(15)16-4-2-13(31-16)10-17-19(26)24(21(29)32-17)11-18(25)23-5-7-30-8-6-23/h1-4,9-10H,5-8,11H2,(H,27,28)/p-1/b17-10+. The van der Waals surface area contributed by atoms with Gasteiger partial charge in [-0.2, -0.15) is 0 Å². The van der Waals surface area contributed by atoms with Crippen LogP contribution in [-0.2, 0) is 14.3 Å². The summed E-state index contributed by atoms with van der Waals surface area (Å²) >= 11 is 6.86. The van der Waals surface area contributed by atoms with Gasteiger partial charge in [-0.3, -0.25) is 19.3 Å². The predicted molar refractivity (Wildman–Crippen MR) is 114 cm³/mol. The van der Waals surface area contributed by atoms with E-state index in [4.69, 9.17) is 20.8 Å².